The van der Waals surface area contributed by atoms with Gasteiger partial charge in [0.1, 0.15) is 0 Å². The van der Waals surface area contributed by atoms with Gasteiger partial charge in [-0.2, -0.15) is 8.42 Å². The second-order valence-corrected chi connectivity index (χ2v) is 10.8. The fraction of sp³-hybridized carbons (Fsp3) is 0.917. The van der Waals surface area contributed by atoms with Crippen LogP contribution in [0.5, 0.6) is 0 Å². The molecule has 3 unspecified atom stereocenters. The molecule has 0 rings (SSSR count). The molecule has 0 spiro atoms. The maximum absolute atomic E-state index is 12.3. The molecule has 0 aliphatic rings. The van der Waals surface area contributed by atoms with E-state index in [0.717, 1.165) is 38.5 Å². The zero-order chi connectivity index (χ0) is 24.6. The van der Waals surface area contributed by atoms with Crippen molar-refractivity contribution >= 4 is 22.1 Å². The number of unbranched alkanes of at least 4 members (excludes halogenated alkanes) is 10. The summed E-state index contributed by atoms with van der Waals surface area (Å²) in [5, 5.41) is 19.7. The Kier molecular flexibility index (Phi) is 20.3. The van der Waals surface area contributed by atoms with Crippen LogP contribution in [0, 0.1) is 11.8 Å². The molecule has 0 fully saturated rings. The van der Waals surface area contributed by atoms with Crippen LogP contribution in [-0.2, 0) is 19.7 Å². The third kappa shape index (κ3) is 12.4. The van der Waals surface area contributed by atoms with Crippen LogP contribution in [0.25, 0.3) is 0 Å². The fourth-order valence-electron chi connectivity index (χ4n) is 4.53. The molecule has 0 aliphatic heterocycles. The molecule has 0 heterocycles. The molecule has 0 radical (unpaired) electrons. The van der Waals surface area contributed by atoms with E-state index in [1.807, 2.05) is 13.8 Å². The standard InChI is InChI=1S/C24H46O7S.Na.H/c1-4-7-9-10-11-12-13-14-15-16-18-24(23(27)28,32(29,30)31)21(22(25)26)19-20(6-3)17-8-5-2;;/h20-21H,4-19H2,1-3H3,(H,25,26)(H,27,28)(H,29,30,31);;/q;+1;-1. The van der Waals surface area contributed by atoms with Gasteiger partial charge in [0.2, 0.25) is 4.75 Å². The average Bonchev–Trinajstić information content (AvgIpc) is 2.71. The van der Waals surface area contributed by atoms with E-state index in [4.69, 9.17) is 0 Å². The van der Waals surface area contributed by atoms with Gasteiger partial charge in [-0.15, -0.1) is 0 Å². The van der Waals surface area contributed by atoms with Crippen LogP contribution < -0.4 is 29.6 Å². The van der Waals surface area contributed by atoms with Crippen LogP contribution >= 0.6 is 0 Å². The molecule has 7 nitrogen and oxygen atoms in total. The Bertz CT molecular complexity index is 645. The molecular formula is C24H47NaO7S. The Balaban J connectivity index is -0.00000480. The van der Waals surface area contributed by atoms with Gasteiger partial charge in [-0.1, -0.05) is 111 Å². The van der Waals surface area contributed by atoms with Crippen LogP contribution in [0.4, 0.5) is 0 Å². The molecule has 0 aromatic heterocycles. The summed E-state index contributed by atoms with van der Waals surface area (Å²) < 4.78 is 31.9. The van der Waals surface area contributed by atoms with Crippen LogP contribution in [0.1, 0.15) is 125 Å². The van der Waals surface area contributed by atoms with E-state index in [-0.39, 0.29) is 49.7 Å². The molecule has 0 aromatic carbocycles. The first-order chi connectivity index (χ1) is 15.1. The van der Waals surface area contributed by atoms with Crippen molar-refractivity contribution in [3.8, 4) is 0 Å². The van der Waals surface area contributed by atoms with Gasteiger partial charge in [0.15, 0.2) is 0 Å². The van der Waals surface area contributed by atoms with Crippen molar-refractivity contribution in [2.24, 2.45) is 11.8 Å². The van der Waals surface area contributed by atoms with Crippen LogP contribution in [0.15, 0.2) is 0 Å². The number of aliphatic carboxylic acids is 2. The summed E-state index contributed by atoms with van der Waals surface area (Å²) in [6.45, 7) is 6.07. The summed E-state index contributed by atoms with van der Waals surface area (Å²) in [5.41, 5.74) is 0. The molecule has 3 N–H and O–H groups in total. The monoisotopic (exact) mass is 502 g/mol. The summed E-state index contributed by atoms with van der Waals surface area (Å²) >= 11 is 0. The first-order valence-electron chi connectivity index (χ1n) is 12.5. The summed E-state index contributed by atoms with van der Waals surface area (Å²) in [7, 11) is -5.14. The predicted molar refractivity (Wildman–Crippen MR) is 129 cm³/mol. The second-order valence-electron chi connectivity index (χ2n) is 9.14. The van der Waals surface area contributed by atoms with E-state index in [1.165, 1.54) is 25.7 Å². The Morgan fingerprint density at radius 2 is 1.27 bits per heavy atom. The van der Waals surface area contributed by atoms with Gasteiger partial charge in [-0.05, 0) is 18.8 Å². The Labute approximate surface area is 225 Å². The number of rotatable bonds is 21. The number of carbonyl (C=O) groups is 2. The summed E-state index contributed by atoms with van der Waals surface area (Å²) in [6, 6.07) is 0. The van der Waals surface area contributed by atoms with Crippen LogP contribution in [0.3, 0.4) is 0 Å². The largest absolute Gasteiger partial charge is 1.00 e. The summed E-state index contributed by atoms with van der Waals surface area (Å²) in [4.78, 5) is 24.3. The van der Waals surface area contributed by atoms with Crippen molar-refractivity contribution in [2.45, 2.75) is 128 Å². The quantitative estimate of drug-likeness (QED) is 0.125. The maximum Gasteiger partial charge on any atom is 1.00 e. The first-order valence-corrected chi connectivity index (χ1v) is 14.0. The third-order valence-corrected chi connectivity index (χ3v) is 8.28. The van der Waals surface area contributed by atoms with E-state index in [0.29, 0.717) is 19.3 Å². The molecule has 0 amide bonds. The molecule has 3 atom stereocenters. The summed E-state index contributed by atoms with van der Waals surface area (Å²) in [6.07, 6.45) is 12.4. The van der Waals surface area contributed by atoms with Gasteiger partial charge in [0.25, 0.3) is 10.1 Å². The minimum atomic E-state index is -5.14. The molecule has 0 aromatic rings. The van der Waals surface area contributed by atoms with Gasteiger partial charge in [0, 0.05) is 0 Å². The molecule has 0 aliphatic carbocycles. The minimum absolute atomic E-state index is 0. The normalized spacial score (nSPS) is 15.3. The Morgan fingerprint density at radius 3 is 1.64 bits per heavy atom. The molecule has 33 heavy (non-hydrogen) atoms. The molecule has 192 valence electrons. The van der Waals surface area contributed by atoms with Gasteiger partial charge in [0.05, 0.1) is 5.92 Å². The van der Waals surface area contributed by atoms with E-state index in [9.17, 15) is 32.8 Å². The van der Waals surface area contributed by atoms with Crippen molar-refractivity contribution in [2.75, 3.05) is 0 Å². The third-order valence-electron chi connectivity index (χ3n) is 6.70. The summed E-state index contributed by atoms with van der Waals surface area (Å²) in [5.74, 6) is -5.04. The number of hydrogen-bond donors (Lipinski definition) is 3. The van der Waals surface area contributed by atoms with Gasteiger partial charge < -0.3 is 11.6 Å². The molecular weight excluding hydrogens is 455 g/mol. The molecule has 0 saturated heterocycles. The number of carboxylic acids is 2. The second kappa shape index (κ2) is 19.1. The van der Waals surface area contributed by atoms with E-state index in [2.05, 4.69) is 6.92 Å². The van der Waals surface area contributed by atoms with Crippen molar-refractivity contribution in [1.29, 1.82) is 0 Å². The SMILES string of the molecule is CCCCCCCCCCCCC(C(=O)O)(C(CC(CC)CCCC)C(=O)O)S(=O)(=O)O.[H-].[Na+]. The Morgan fingerprint density at radius 1 is 0.818 bits per heavy atom. The molecule has 9 heteroatoms. The van der Waals surface area contributed by atoms with Crippen LogP contribution in [0.2, 0.25) is 0 Å². The Hall–Kier alpha value is -0.150. The molecule has 0 bridgehead atoms. The van der Waals surface area contributed by atoms with E-state index < -0.39 is 39.1 Å². The topological polar surface area (TPSA) is 129 Å². The van der Waals surface area contributed by atoms with Crippen molar-refractivity contribution in [3.63, 3.8) is 0 Å². The van der Waals surface area contributed by atoms with Gasteiger partial charge >= 0.3 is 41.5 Å². The van der Waals surface area contributed by atoms with Crippen molar-refractivity contribution in [1.82, 2.24) is 0 Å². The van der Waals surface area contributed by atoms with Gasteiger partial charge in [-0.3, -0.25) is 14.1 Å². The van der Waals surface area contributed by atoms with Crippen LogP contribution in [-0.4, -0.2) is 39.9 Å². The van der Waals surface area contributed by atoms with Crippen molar-refractivity contribution < 1.29 is 63.8 Å². The number of carboxylic acid groups (broad SMARTS) is 2. The predicted octanol–water partition coefficient (Wildman–Crippen LogP) is 3.43. The number of hydrogen-bond acceptors (Lipinski definition) is 4. The molecule has 0 saturated carbocycles. The first kappa shape index (κ1) is 35.0. The van der Waals surface area contributed by atoms with E-state index in [1.54, 1.807) is 0 Å². The zero-order valence-electron chi connectivity index (χ0n) is 22.4. The smallest absolute Gasteiger partial charge is 1.00 e. The van der Waals surface area contributed by atoms with Crippen molar-refractivity contribution in [3.05, 3.63) is 0 Å². The maximum atomic E-state index is 12.3. The van der Waals surface area contributed by atoms with Gasteiger partial charge in [-0.25, -0.2) is 0 Å². The average molecular weight is 503 g/mol. The zero-order valence-corrected chi connectivity index (χ0v) is 24.2. The fourth-order valence-corrected chi connectivity index (χ4v) is 5.71. The minimum Gasteiger partial charge on any atom is -1.00 e. The van der Waals surface area contributed by atoms with E-state index >= 15 is 0 Å².